The van der Waals surface area contributed by atoms with Gasteiger partial charge in [-0.2, -0.15) is 13.2 Å². The Kier molecular flexibility index (Phi) is 3.77. The number of rotatable bonds is 4. The fourth-order valence-electron chi connectivity index (χ4n) is 1.12. The SMILES string of the molecule is NC(=O)CCNc1cc(C(F)(F)F)cc(N)n1. The highest BCUT2D eigenvalue weighted by Gasteiger charge is 2.31. The molecule has 0 spiro atoms. The van der Waals surface area contributed by atoms with Crippen LogP contribution in [0, 0.1) is 0 Å². The van der Waals surface area contributed by atoms with Gasteiger partial charge in [-0.15, -0.1) is 0 Å². The standard InChI is InChI=1S/C9H11F3N4O/c10-9(11,12)5-3-6(13)16-8(4-5)15-2-1-7(14)17/h3-4H,1-2H2,(H2,14,17)(H3,13,15,16). The molecule has 0 aliphatic heterocycles. The maximum absolute atomic E-state index is 12.4. The number of hydrogen-bond donors (Lipinski definition) is 3. The minimum absolute atomic E-state index is 0.00215. The predicted molar refractivity (Wildman–Crippen MR) is 56.0 cm³/mol. The Hall–Kier alpha value is -1.99. The van der Waals surface area contributed by atoms with E-state index >= 15 is 0 Å². The van der Waals surface area contributed by atoms with E-state index in [1.807, 2.05) is 0 Å². The maximum Gasteiger partial charge on any atom is 0.416 e. The molecule has 1 amide bonds. The molecule has 1 rings (SSSR count). The highest BCUT2D eigenvalue weighted by atomic mass is 19.4. The lowest BCUT2D eigenvalue weighted by Gasteiger charge is -2.10. The van der Waals surface area contributed by atoms with E-state index in [-0.39, 0.29) is 24.6 Å². The molecule has 0 aliphatic rings. The Bertz CT molecular complexity index is 419. The lowest BCUT2D eigenvalue weighted by molar-refractivity contribution is -0.137. The maximum atomic E-state index is 12.4. The first-order valence-electron chi connectivity index (χ1n) is 4.66. The molecule has 1 heterocycles. The number of pyridine rings is 1. The molecule has 0 atom stereocenters. The summed E-state index contributed by atoms with van der Waals surface area (Å²) in [6.07, 6.45) is -4.49. The molecule has 1 aromatic rings. The Morgan fingerprint density at radius 2 is 2.06 bits per heavy atom. The van der Waals surface area contributed by atoms with Gasteiger partial charge in [0.25, 0.3) is 0 Å². The summed E-state index contributed by atoms with van der Waals surface area (Å²) in [5.74, 6) is -0.850. The number of anilines is 2. The molecule has 0 bridgehead atoms. The van der Waals surface area contributed by atoms with E-state index in [4.69, 9.17) is 11.5 Å². The van der Waals surface area contributed by atoms with Crippen molar-refractivity contribution in [3.8, 4) is 0 Å². The largest absolute Gasteiger partial charge is 0.416 e. The van der Waals surface area contributed by atoms with Gasteiger partial charge in [-0.05, 0) is 12.1 Å². The van der Waals surface area contributed by atoms with Crippen molar-refractivity contribution in [1.82, 2.24) is 4.98 Å². The molecule has 0 saturated carbocycles. The summed E-state index contributed by atoms with van der Waals surface area (Å²) in [7, 11) is 0. The van der Waals surface area contributed by atoms with E-state index in [1.165, 1.54) is 0 Å². The molecule has 94 valence electrons. The highest BCUT2D eigenvalue weighted by Crippen LogP contribution is 2.31. The number of hydrogen-bond acceptors (Lipinski definition) is 4. The molecule has 8 heteroatoms. The Balaban J connectivity index is 2.79. The van der Waals surface area contributed by atoms with E-state index < -0.39 is 17.6 Å². The van der Waals surface area contributed by atoms with Gasteiger partial charge in [0.05, 0.1) is 5.56 Å². The van der Waals surface area contributed by atoms with Gasteiger partial charge < -0.3 is 16.8 Å². The molecule has 5 nitrogen and oxygen atoms in total. The second-order valence-corrected chi connectivity index (χ2v) is 3.31. The number of halogens is 3. The van der Waals surface area contributed by atoms with Crippen LogP contribution < -0.4 is 16.8 Å². The average Bonchev–Trinajstić information content (AvgIpc) is 2.14. The summed E-state index contributed by atoms with van der Waals surface area (Å²) >= 11 is 0. The zero-order valence-electron chi connectivity index (χ0n) is 8.71. The molecule has 0 saturated heterocycles. The van der Waals surface area contributed by atoms with Crippen molar-refractivity contribution >= 4 is 17.5 Å². The van der Waals surface area contributed by atoms with Gasteiger partial charge in [0.15, 0.2) is 0 Å². The van der Waals surface area contributed by atoms with Crippen molar-refractivity contribution in [3.05, 3.63) is 17.7 Å². The zero-order valence-corrected chi connectivity index (χ0v) is 8.71. The molecule has 1 aromatic heterocycles. The number of nitrogen functional groups attached to an aromatic ring is 1. The molecule has 17 heavy (non-hydrogen) atoms. The number of alkyl halides is 3. The Labute approximate surface area is 95.0 Å². The van der Waals surface area contributed by atoms with E-state index in [2.05, 4.69) is 10.3 Å². The van der Waals surface area contributed by atoms with Gasteiger partial charge in [-0.3, -0.25) is 4.79 Å². The first-order chi connectivity index (χ1) is 7.79. The number of nitrogens with two attached hydrogens (primary N) is 2. The van der Waals surface area contributed by atoms with Crippen LogP contribution >= 0.6 is 0 Å². The number of primary amides is 1. The van der Waals surface area contributed by atoms with Crippen molar-refractivity contribution in [2.24, 2.45) is 5.73 Å². The van der Waals surface area contributed by atoms with Crippen LogP contribution in [0.4, 0.5) is 24.8 Å². The van der Waals surface area contributed by atoms with Crippen LogP contribution in [-0.2, 0) is 11.0 Å². The number of carbonyl (C=O) groups excluding carboxylic acids is 1. The third kappa shape index (κ3) is 4.17. The highest BCUT2D eigenvalue weighted by molar-refractivity contribution is 5.74. The van der Waals surface area contributed by atoms with Crippen molar-refractivity contribution in [2.75, 3.05) is 17.6 Å². The normalized spacial score (nSPS) is 11.2. The van der Waals surface area contributed by atoms with Crippen LogP contribution in [0.25, 0.3) is 0 Å². The fourth-order valence-corrected chi connectivity index (χ4v) is 1.12. The minimum Gasteiger partial charge on any atom is -0.384 e. The monoisotopic (exact) mass is 248 g/mol. The van der Waals surface area contributed by atoms with Crippen LogP contribution in [-0.4, -0.2) is 17.4 Å². The molecule has 0 fully saturated rings. The minimum atomic E-state index is -4.49. The van der Waals surface area contributed by atoms with Gasteiger partial charge in [0.2, 0.25) is 5.91 Å². The molecule has 0 unspecified atom stereocenters. The predicted octanol–water partition coefficient (Wildman–Crippen LogP) is 0.970. The number of carbonyl (C=O) groups is 1. The van der Waals surface area contributed by atoms with Crippen molar-refractivity contribution in [2.45, 2.75) is 12.6 Å². The first-order valence-corrected chi connectivity index (χ1v) is 4.66. The van der Waals surface area contributed by atoms with Crippen LogP contribution in [0.2, 0.25) is 0 Å². The summed E-state index contributed by atoms with van der Waals surface area (Å²) < 4.78 is 37.2. The smallest absolute Gasteiger partial charge is 0.384 e. The average molecular weight is 248 g/mol. The topological polar surface area (TPSA) is 94.0 Å². The van der Waals surface area contributed by atoms with E-state index in [0.29, 0.717) is 0 Å². The van der Waals surface area contributed by atoms with Crippen LogP contribution in [0.5, 0.6) is 0 Å². The third-order valence-corrected chi connectivity index (χ3v) is 1.85. The van der Waals surface area contributed by atoms with Crippen molar-refractivity contribution in [1.29, 1.82) is 0 Å². The number of nitrogens with one attached hydrogen (secondary N) is 1. The van der Waals surface area contributed by atoms with Gasteiger partial charge >= 0.3 is 6.18 Å². The van der Waals surface area contributed by atoms with Crippen LogP contribution in [0.15, 0.2) is 12.1 Å². The lowest BCUT2D eigenvalue weighted by atomic mass is 10.2. The van der Waals surface area contributed by atoms with Crippen LogP contribution in [0.3, 0.4) is 0 Å². The third-order valence-electron chi connectivity index (χ3n) is 1.85. The summed E-state index contributed by atoms with van der Waals surface area (Å²) in [5.41, 5.74) is 9.23. The van der Waals surface area contributed by atoms with Gasteiger partial charge in [-0.25, -0.2) is 4.98 Å². The first kappa shape index (κ1) is 13.1. The van der Waals surface area contributed by atoms with Gasteiger partial charge in [0, 0.05) is 13.0 Å². The summed E-state index contributed by atoms with van der Waals surface area (Å²) in [6.45, 7) is 0.100. The lowest BCUT2D eigenvalue weighted by Crippen LogP contribution is -2.17. The quantitative estimate of drug-likeness (QED) is 0.740. The van der Waals surface area contributed by atoms with E-state index in [9.17, 15) is 18.0 Å². The zero-order chi connectivity index (χ0) is 13.1. The molecular formula is C9H11F3N4O. The Morgan fingerprint density at radius 1 is 1.41 bits per heavy atom. The fraction of sp³-hybridized carbons (Fsp3) is 0.333. The second-order valence-electron chi connectivity index (χ2n) is 3.31. The van der Waals surface area contributed by atoms with E-state index in [1.54, 1.807) is 0 Å². The molecular weight excluding hydrogens is 237 g/mol. The molecule has 5 N–H and O–H groups in total. The number of nitrogens with zero attached hydrogens (tertiary/aromatic N) is 1. The summed E-state index contributed by atoms with van der Waals surface area (Å²) in [5, 5.41) is 2.54. The van der Waals surface area contributed by atoms with Gasteiger partial charge in [0.1, 0.15) is 11.6 Å². The molecule has 0 radical (unpaired) electrons. The van der Waals surface area contributed by atoms with Gasteiger partial charge in [-0.1, -0.05) is 0 Å². The second kappa shape index (κ2) is 4.89. The Morgan fingerprint density at radius 3 is 2.59 bits per heavy atom. The van der Waals surface area contributed by atoms with Crippen LogP contribution in [0.1, 0.15) is 12.0 Å². The number of aromatic nitrogens is 1. The number of amides is 1. The van der Waals surface area contributed by atoms with Crippen molar-refractivity contribution < 1.29 is 18.0 Å². The summed E-state index contributed by atoms with van der Waals surface area (Å²) in [6, 6.07) is 1.55. The van der Waals surface area contributed by atoms with Crippen molar-refractivity contribution in [3.63, 3.8) is 0 Å². The summed E-state index contributed by atoms with van der Waals surface area (Å²) in [4.78, 5) is 14.1. The molecule has 0 aliphatic carbocycles. The molecule has 0 aromatic carbocycles. The van der Waals surface area contributed by atoms with E-state index in [0.717, 1.165) is 12.1 Å².